The Kier molecular flexibility index (Phi) is 14.3. The van der Waals surface area contributed by atoms with E-state index in [2.05, 4.69) is 10.1 Å². The van der Waals surface area contributed by atoms with Crippen LogP contribution in [0, 0.1) is 5.82 Å². The first-order valence-corrected chi connectivity index (χ1v) is 21.3. The molecule has 0 saturated carbocycles. The van der Waals surface area contributed by atoms with Gasteiger partial charge in [-0.05, 0) is 116 Å². The molecule has 0 radical (unpaired) electrons. The number of halogens is 1. The number of hydrogen-bond donors (Lipinski definition) is 0. The molecular weight excluding hydrogens is 802 g/mol. The van der Waals surface area contributed by atoms with Gasteiger partial charge in [-0.3, -0.25) is 9.59 Å². The van der Waals surface area contributed by atoms with Crippen LogP contribution in [0.4, 0.5) is 4.39 Å². The van der Waals surface area contributed by atoms with E-state index >= 15 is 4.39 Å². The summed E-state index contributed by atoms with van der Waals surface area (Å²) in [6.45, 7) is 12.7. The number of nitrogens with zero attached hydrogens (tertiary/aromatic N) is 5. The third-order valence-electron chi connectivity index (χ3n) is 9.76. The van der Waals surface area contributed by atoms with Crippen LogP contribution < -0.4 is 14.2 Å². The number of amides is 1. The number of carbonyl (C=O) groups is 2. The van der Waals surface area contributed by atoms with Crippen molar-refractivity contribution in [1.29, 1.82) is 0 Å². The summed E-state index contributed by atoms with van der Waals surface area (Å²) in [5.41, 5.74) is 1.99. The maximum atomic E-state index is 15.2. The largest absolute Gasteiger partial charge is 0.497 e. The Morgan fingerprint density at radius 2 is 1.41 bits per heavy atom. The number of ether oxygens (including phenoxy) is 4. The Morgan fingerprint density at radius 1 is 0.836 bits per heavy atom. The predicted octanol–water partition coefficient (Wildman–Crippen LogP) is 8.02. The minimum absolute atomic E-state index is 0.000154. The zero-order valence-corrected chi connectivity index (χ0v) is 37.6. The van der Waals surface area contributed by atoms with Crippen LogP contribution in [0.2, 0.25) is 0 Å². The molecule has 0 bridgehead atoms. The van der Waals surface area contributed by atoms with E-state index in [0.717, 1.165) is 0 Å². The highest BCUT2D eigenvalue weighted by molar-refractivity contribution is 7.89. The summed E-state index contributed by atoms with van der Waals surface area (Å²) >= 11 is 0. The zero-order chi connectivity index (χ0) is 44.9. The molecule has 0 fully saturated rings. The first-order valence-electron chi connectivity index (χ1n) is 19.8. The Hall–Kier alpha value is -5.80. The molecule has 0 N–H and O–H groups in total. The molecule has 326 valence electrons. The highest BCUT2D eigenvalue weighted by Gasteiger charge is 2.35. The average molecular weight is 858 g/mol. The van der Waals surface area contributed by atoms with E-state index in [-0.39, 0.29) is 48.6 Å². The number of pyridine rings is 1. The van der Waals surface area contributed by atoms with E-state index in [1.54, 1.807) is 124 Å². The summed E-state index contributed by atoms with van der Waals surface area (Å²) in [4.78, 5) is 32.5. The van der Waals surface area contributed by atoms with Crippen molar-refractivity contribution < 1.29 is 41.3 Å². The van der Waals surface area contributed by atoms with Crippen LogP contribution in [0.25, 0.3) is 11.1 Å². The van der Waals surface area contributed by atoms with Crippen LogP contribution >= 0.6 is 0 Å². The molecule has 13 nitrogen and oxygen atoms in total. The van der Waals surface area contributed by atoms with Gasteiger partial charge in [-0.1, -0.05) is 38.1 Å². The molecule has 2 heterocycles. The van der Waals surface area contributed by atoms with Gasteiger partial charge in [0.2, 0.25) is 5.88 Å². The molecule has 2 aromatic heterocycles. The fourth-order valence-electron chi connectivity index (χ4n) is 6.67. The molecule has 0 aliphatic carbocycles. The third kappa shape index (κ3) is 11.5. The lowest BCUT2D eigenvalue weighted by Gasteiger charge is -2.28. The topological polar surface area (TPSA) is 142 Å². The summed E-state index contributed by atoms with van der Waals surface area (Å²) in [7, 11) is 1.91. The van der Waals surface area contributed by atoms with Gasteiger partial charge < -0.3 is 23.8 Å². The Labute approximate surface area is 358 Å². The molecule has 0 aliphatic rings. The van der Waals surface area contributed by atoms with Crippen molar-refractivity contribution in [3.05, 3.63) is 119 Å². The van der Waals surface area contributed by atoms with Crippen LogP contribution in [-0.2, 0) is 44.6 Å². The smallest absolute Gasteiger partial charge is 0.310 e. The zero-order valence-electron chi connectivity index (χ0n) is 36.8. The maximum absolute atomic E-state index is 15.2. The van der Waals surface area contributed by atoms with E-state index in [4.69, 9.17) is 18.9 Å². The van der Waals surface area contributed by atoms with E-state index < -0.39 is 38.9 Å². The van der Waals surface area contributed by atoms with Crippen molar-refractivity contribution in [3.63, 3.8) is 0 Å². The van der Waals surface area contributed by atoms with E-state index in [1.807, 2.05) is 13.8 Å². The van der Waals surface area contributed by atoms with Crippen LogP contribution in [0.1, 0.15) is 87.1 Å². The first-order chi connectivity index (χ1) is 28.6. The Balaban J connectivity index is 1.49. The van der Waals surface area contributed by atoms with Gasteiger partial charge in [0.25, 0.3) is 15.9 Å². The molecule has 61 heavy (non-hydrogen) atoms. The fraction of sp³-hybridized carbons (Fsp3) is 0.391. The standard InChI is InChI=1S/C46H56FN5O8S/c1-30(2)37-23-34(47)24-38(39(37)25-43(53)60-45(3,4)5)33-20-21-48-41(22-33)59-29-46(6,7)52-40(44(54)50(8)9)26-42(49-52)61(55,56)51(27-31-12-16-35(57-10)17-13-31)28-32-14-18-36(58-11)19-15-32/h12-24,26,30H,25,27-29H2,1-11H3. The molecule has 5 aromatic rings. The number of benzene rings is 3. The molecular formula is C46H56FN5O8S. The van der Waals surface area contributed by atoms with E-state index in [0.29, 0.717) is 44.9 Å². The van der Waals surface area contributed by atoms with Gasteiger partial charge in [0, 0.05) is 45.5 Å². The summed E-state index contributed by atoms with van der Waals surface area (Å²) in [6, 6.07) is 21.7. The number of methoxy groups -OCH3 is 2. The molecule has 3 aromatic carbocycles. The number of hydrogen-bond acceptors (Lipinski definition) is 10. The van der Waals surface area contributed by atoms with Gasteiger partial charge in [0.15, 0.2) is 5.03 Å². The van der Waals surface area contributed by atoms with Gasteiger partial charge >= 0.3 is 5.97 Å². The quantitative estimate of drug-likeness (QED) is 0.0845. The van der Waals surface area contributed by atoms with Crippen molar-refractivity contribution >= 4 is 21.9 Å². The molecule has 0 saturated heterocycles. The van der Waals surface area contributed by atoms with Gasteiger partial charge in [0.05, 0.1) is 26.2 Å². The van der Waals surface area contributed by atoms with Crippen molar-refractivity contribution in [2.24, 2.45) is 0 Å². The predicted molar refractivity (Wildman–Crippen MR) is 231 cm³/mol. The van der Waals surface area contributed by atoms with E-state index in [1.165, 1.54) is 38.3 Å². The number of carbonyl (C=O) groups excluding carboxylic acids is 2. The molecule has 1 amide bonds. The second-order valence-corrected chi connectivity index (χ2v) is 18.8. The van der Waals surface area contributed by atoms with Crippen molar-refractivity contribution in [3.8, 4) is 28.5 Å². The van der Waals surface area contributed by atoms with Gasteiger partial charge in [-0.15, -0.1) is 0 Å². The lowest BCUT2D eigenvalue weighted by Crippen LogP contribution is -2.38. The summed E-state index contributed by atoms with van der Waals surface area (Å²) in [5, 5.41) is 4.29. The Bertz CT molecular complexity index is 2390. The highest BCUT2D eigenvalue weighted by Crippen LogP contribution is 2.34. The third-order valence-corrected chi connectivity index (χ3v) is 11.4. The van der Waals surface area contributed by atoms with Crippen molar-refractivity contribution in [2.75, 3.05) is 34.9 Å². The van der Waals surface area contributed by atoms with E-state index in [9.17, 15) is 18.0 Å². The van der Waals surface area contributed by atoms with Crippen LogP contribution in [0.5, 0.6) is 17.4 Å². The summed E-state index contributed by atoms with van der Waals surface area (Å²) in [6.07, 6.45) is 1.45. The monoisotopic (exact) mass is 857 g/mol. The highest BCUT2D eigenvalue weighted by atomic mass is 32.2. The molecule has 15 heteroatoms. The minimum Gasteiger partial charge on any atom is -0.497 e. The fourth-order valence-corrected chi connectivity index (χ4v) is 8.02. The second kappa shape index (κ2) is 18.9. The van der Waals surface area contributed by atoms with Gasteiger partial charge in [-0.2, -0.15) is 9.40 Å². The van der Waals surface area contributed by atoms with Crippen LogP contribution in [0.15, 0.2) is 90.1 Å². The summed E-state index contributed by atoms with van der Waals surface area (Å²) in [5.74, 6) is -0.0312. The molecule has 5 rings (SSSR count). The molecule has 0 spiro atoms. The molecule has 0 atom stereocenters. The maximum Gasteiger partial charge on any atom is 0.310 e. The number of esters is 1. The van der Waals surface area contributed by atoms with Crippen LogP contribution in [0.3, 0.4) is 0 Å². The SMILES string of the molecule is COc1ccc(CN(Cc2ccc(OC)cc2)S(=O)(=O)c2cc(C(=O)N(C)C)n(C(C)(C)COc3cc(-c4cc(F)cc(C(C)C)c4CC(=O)OC(C)(C)C)ccn3)n2)cc1. The number of aromatic nitrogens is 3. The lowest BCUT2D eigenvalue weighted by atomic mass is 9.88. The second-order valence-electron chi connectivity index (χ2n) is 16.9. The minimum atomic E-state index is -4.34. The molecule has 0 unspecified atom stereocenters. The van der Waals surface area contributed by atoms with Crippen molar-refractivity contribution in [1.82, 2.24) is 24.0 Å². The molecule has 0 aliphatic heterocycles. The number of sulfonamides is 1. The Morgan fingerprint density at radius 3 is 1.92 bits per heavy atom. The normalized spacial score (nSPS) is 12.1. The average Bonchev–Trinajstić information content (AvgIpc) is 3.68. The van der Waals surface area contributed by atoms with Gasteiger partial charge in [-0.25, -0.2) is 22.5 Å². The first kappa shape index (κ1) is 46.3. The lowest BCUT2D eigenvalue weighted by molar-refractivity contribution is -0.153. The number of rotatable bonds is 17. The van der Waals surface area contributed by atoms with Crippen molar-refractivity contribution in [2.45, 2.75) is 90.1 Å². The van der Waals surface area contributed by atoms with Crippen LogP contribution in [-0.4, -0.2) is 84.8 Å². The summed E-state index contributed by atoms with van der Waals surface area (Å²) < 4.78 is 69.6. The van der Waals surface area contributed by atoms with Gasteiger partial charge in [0.1, 0.15) is 35.2 Å².